The van der Waals surface area contributed by atoms with Crippen LogP contribution in [-0.4, -0.2) is 9.97 Å². The second kappa shape index (κ2) is 4.72. The number of hydrogen-bond acceptors (Lipinski definition) is 4. The largest absolute Gasteiger partial charge is 0.397 e. The Morgan fingerprint density at radius 1 is 1.31 bits per heavy atom. The van der Waals surface area contributed by atoms with Crippen LogP contribution in [0.2, 0.25) is 5.02 Å². The van der Waals surface area contributed by atoms with Crippen LogP contribution in [0.3, 0.4) is 0 Å². The van der Waals surface area contributed by atoms with Gasteiger partial charge < -0.3 is 5.73 Å². The van der Waals surface area contributed by atoms with Gasteiger partial charge in [0.25, 0.3) is 0 Å². The normalized spacial score (nSPS) is 10.4. The molecule has 5 heteroatoms. The highest BCUT2D eigenvalue weighted by Crippen LogP contribution is 2.33. The second-order valence-electron chi connectivity index (χ2n) is 3.23. The molecule has 2 N–H and O–H groups in total. The molecule has 2 rings (SSSR count). The third kappa shape index (κ3) is 2.46. The molecule has 0 aliphatic heterocycles. The summed E-state index contributed by atoms with van der Waals surface area (Å²) in [5.74, 6) is 0. The van der Waals surface area contributed by atoms with E-state index in [0.29, 0.717) is 15.9 Å². The van der Waals surface area contributed by atoms with Gasteiger partial charge in [0.1, 0.15) is 0 Å². The minimum absolute atomic E-state index is 0.553. The zero-order valence-electron chi connectivity index (χ0n) is 8.64. The number of rotatable bonds is 2. The maximum atomic E-state index is 5.93. The average molecular weight is 252 g/mol. The van der Waals surface area contributed by atoms with Gasteiger partial charge in [0.05, 0.1) is 10.7 Å². The molecule has 0 saturated carbocycles. The van der Waals surface area contributed by atoms with E-state index in [4.69, 9.17) is 17.3 Å². The topological polar surface area (TPSA) is 51.8 Å². The number of para-hydroxylation sites is 1. The van der Waals surface area contributed by atoms with Crippen LogP contribution in [0, 0.1) is 6.92 Å². The van der Waals surface area contributed by atoms with Gasteiger partial charge in [0.2, 0.25) is 0 Å². The fourth-order valence-corrected chi connectivity index (χ4v) is 2.28. The SMILES string of the molecule is Cc1ccnc(Sc2cccc(Cl)c2N)n1. The molecule has 0 bridgehead atoms. The van der Waals surface area contributed by atoms with Crippen molar-refractivity contribution in [1.82, 2.24) is 9.97 Å². The van der Waals surface area contributed by atoms with Crippen LogP contribution in [0.25, 0.3) is 0 Å². The highest BCUT2D eigenvalue weighted by atomic mass is 35.5. The van der Waals surface area contributed by atoms with Gasteiger partial charge in [-0.25, -0.2) is 9.97 Å². The summed E-state index contributed by atoms with van der Waals surface area (Å²) in [7, 11) is 0. The van der Waals surface area contributed by atoms with Crippen molar-refractivity contribution in [2.75, 3.05) is 5.73 Å². The van der Waals surface area contributed by atoms with Crippen molar-refractivity contribution in [3.63, 3.8) is 0 Å². The number of aromatic nitrogens is 2. The van der Waals surface area contributed by atoms with Crippen LogP contribution in [0.15, 0.2) is 40.5 Å². The van der Waals surface area contributed by atoms with Crippen molar-refractivity contribution in [2.24, 2.45) is 0 Å². The molecular formula is C11H10ClN3S. The Balaban J connectivity index is 2.31. The first-order valence-corrected chi connectivity index (χ1v) is 5.88. The highest BCUT2D eigenvalue weighted by molar-refractivity contribution is 7.99. The molecule has 2 aromatic rings. The van der Waals surface area contributed by atoms with E-state index in [-0.39, 0.29) is 0 Å². The van der Waals surface area contributed by atoms with Crippen molar-refractivity contribution < 1.29 is 0 Å². The molecule has 3 nitrogen and oxygen atoms in total. The van der Waals surface area contributed by atoms with E-state index >= 15 is 0 Å². The second-order valence-corrected chi connectivity index (χ2v) is 4.65. The van der Waals surface area contributed by atoms with E-state index < -0.39 is 0 Å². The molecule has 16 heavy (non-hydrogen) atoms. The molecule has 0 amide bonds. The molecule has 0 aliphatic rings. The van der Waals surface area contributed by atoms with Crippen LogP contribution >= 0.6 is 23.4 Å². The fourth-order valence-electron chi connectivity index (χ4n) is 1.18. The van der Waals surface area contributed by atoms with Crippen molar-refractivity contribution in [2.45, 2.75) is 17.0 Å². The maximum absolute atomic E-state index is 5.93. The summed E-state index contributed by atoms with van der Waals surface area (Å²) in [6, 6.07) is 7.37. The van der Waals surface area contributed by atoms with Crippen molar-refractivity contribution in [3.8, 4) is 0 Å². The Morgan fingerprint density at radius 3 is 2.88 bits per heavy atom. The van der Waals surface area contributed by atoms with Crippen molar-refractivity contribution >= 4 is 29.1 Å². The van der Waals surface area contributed by atoms with Crippen molar-refractivity contribution in [1.29, 1.82) is 0 Å². The van der Waals surface area contributed by atoms with E-state index in [0.717, 1.165) is 10.6 Å². The summed E-state index contributed by atoms with van der Waals surface area (Å²) in [4.78, 5) is 9.32. The summed E-state index contributed by atoms with van der Waals surface area (Å²) in [5, 5.41) is 1.23. The summed E-state index contributed by atoms with van der Waals surface area (Å²) in [6.45, 7) is 1.92. The highest BCUT2D eigenvalue weighted by Gasteiger charge is 2.06. The molecule has 0 aliphatic carbocycles. The first kappa shape index (κ1) is 11.2. The number of nitrogens with two attached hydrogens (primary N) is 1. The standard InChI is InChI=1S/C11H10ClN3S/c1-7-5-6-14-11(15-7)16-9-4-2-3-8(12)10(9)13/h2-6H,13H2,1H3. The van der Waals surface area contributed by atoms with Crippen molar-refractivity contribution in [3.05, 3.63) is 41.2 Å². The smallest absolute Gasteiger partial charge is 0.192 e. The van der Waals surface area contributed by atoms with Gasteiger partial charge in [-0.3, -0.25) is 0 Å². The molecule has 1 heterocycles. The van der Waals surface area contributed by atoms with Crippen LogP contribution < -0.4 is 5.73 Å². The van der Waals surface area contributed by atoms with Crippen LogP contribution in [0.4, 0.5) is 5.69 Å². The van der Waals surface area contributed by atoms with E-state index in [1.807, 2.05) is 25.1 Å². The summed E-state index contributed by atoms with van der Waals surface area (Å²) in [5.41, 5.74) is 7.36. The Hall–Kier alpha value is -1.26. The Kier molecular flexibility index (Phi) is 3.31. The zero-order chi connectivity index (χ0) is 11.5. The molecule has 0 spiro atoms. The minimum Gasteiger partial charge on any atom is -0.397 e. The lowest BCUT2D eigenvalue weighted by molar-refractivity contribution is 0.932. The molecule has 0 unspecified atom stereocenters. The van der Waals surface area contributed by atoms with Gasteiger partial charge in [-0.2, -0.15) is 0 Å². The summed E-state index contributed by atoms with van der Waals surface area (Å²) < 4.78 is 0. The number of hydrogen-bond donors (Lipinski definition) is 1. The van der Waals surface area contributed by atoms with Gasteiger partial charge in [-0.1, -0.05) is 17.7 Å². The van der Waals surface area contributed by atoms with Crippen LogP contribution in [0.1, 0.15) is 5.69 Å². The third-order valence-electron chi connectivity index (χ3n) is 1.99. The lowest BCUT2D eigenvalue weighted by Gasteiger charge is -2.05. The van der Waals surface area contributed by atoms with Gasteiger partial charge in [-0.15, -0.1) is 0 Å². The molecule has 0 saturated heterocycles. The lowest BCUT2D eigenvalue weighted by atomic mass is 10.3. The van der Waals surface area contributed by atoms with Crippen LogP contribution in [0.5, 0.6) is 0 Å². The average Bonchev–Trinajstić information content (AvgIpc) is 2.25. The van der Waals surface area contributed by atoms with Crippen LogP contribution in [-0.2, 0) is 0 Å². The van der Waals surface area contributed by atoms with E-state index in [2.05, 4.69) is 9.97 Å². The molecular weight excluding hydrogens is 242 g/mol. The zero-order valence-corrected chi connectivity index (χ0v) is 10.2. The van der Waals surface area contributed by atoms with Gasteiger partial charge in [0.15, 0.2) is 5.16 Å². The Bertz CT molecular complexity index is 516. The third-order valence-corrected chi connectivity index (χ3v) is 3.27. The lowest BCUT2D eigenvalue weighted by Crippen LogP contribution is -1.92. The van der Waals surface area contributed by atoms with Gasteiger partial charge >= 0.3 is 0 Å². The number of halogens is 1. The first-order chi connectivity index (χ1) is 7.66. The first-order valence-electron chi connectivity index (χ1n) is 4.68. The van der Waals surface area contributed by atoms with Gasteiger partial charge in [-0.05, 0) is 36.9 Å². The predicted molar refractivity (Wildman–Crippen MR) is 66.8 cm³/mol. The number of nitrogens with zero attached hydrogens (tertiary/aromatic N) is 2. The maximum Gasteiger partial charge on any atom is 0.192 e. The monoisotopic (exact) mass is 251 g/mol. The number of aryl methyl sites for hydroxylation is 1. The molecule has 1 aromatic heterocycles. The summed E-state index contributed by atoms with van der Waals surface area (Å²) >= 11 is 7.34. The van der Waals surface area contributed by atoms with E-state index in [1.54, 1.807) is 12.3 Å². The number of nitrogen functional groups attached to an aromatic ring is 1. The summed E-state index contributed by atoms with van der Waals surface area (Å²) in [6.07, 6.45) is 1.73. The minimum atomic E-state index is 0.553. The number of benzene rings is 1. The molecule has 0 atom stereocenters. The predicted octanol–water partition coefficient (Wildman–Crippen LogP) is 3.17. The Labute approximate surface area is 103 Å². The van der Waals surface area contributed by atoms with E-state index in [1.165, 1.54) is 11.8 Å². The molecule has 0 fully saturated rings. The number of anilines is 1. The van der Waals surface area contributed by atoms with E-state index in [9.17, 15) is 0 Å². The fraction of sp³-hybridized carbons (Fsp3) is 0.0909. The molecule has 82 valence electrons. The molecule has 0 radical (unpaired) electrons. The molecule has 1 aromatic carbocycles. The quantitative estimate of drug-likeness (QED) is 0.658. The Morgan fingerprint density at radius 2 is 2.12 bits per heavy atom. The van der Waals surface area contributed by atoms with Gasteiger partial charge in [0, 0.05) is 16.8 Å².